The Morgan fingerprint density at radius 2 is 2.21 bits per heavy atom. The predicted octanol–water partition coefficient (Wildman–Crippen LogP) is 2.75. The first kappa shape index (κ1) is 10.7. The SMILES string of the molecule is C#CC(C)(C)OCc1cccc(F)c1. The third-order valence-corrected chi connectivity index (χ3v) is 1.84. The first-order valence-electron chi connectivity index (χ1n) is 4.40. The lowest BCUT2D eigenvalue weighted by Crippen LogP contribution is -2.21. The van der Waals surface area contributed by atoms with Crippen LogP contribution in [-0.2, 0) is 11.3 Å². The van der Waals surface area contributed by atoms with Gasteiger partial charge in [-0.3, -0.25) is 0 Å². The average molecular weight is 192 g/mol. The van der Waals surface area contributed by atoms with Crippen molar-refractivity contribution in [3.8, 4) is 12.3 Å². The van der Waals surface area contributed by atoms with Crippen LogP contribution in [0.15, 0.2) is 24.3 Å². The Morgan fingerprint density at radius 1 is 1.50 bits per heavy atom. The number of benzene rings is 1. The molecule has 0 N–H and O–H groups in total. The highest BCUT2D eigenvalue weighted by Crippen LogP contribution is 2.12. The number of hydrogen-bond donors (Lipinski definition) is 0. The standard InChI is InChI=1S/C12H13FO/c1-4-12(2,3)14-9-10-6-5-7-11(13)8-10/h1,5-8H,9H2,2-3H3. The molecule has 14 heavy (non-hydrogen) atoms. The molecular weight excluding hydrogens is 179 g/mol. The fourth-order valence-corrected chi connectivity index (χ4v) is 0.932. The lowest BCUT2D eigenvalue weighted by Gasteiger charge is -2.18. The van der Waals surface area contributed by atoms with Crippen LogP contribution in [0.1, 0.15) is 19.4 Å². The van der Waals surface area contributed by atoms with E-state index in [1.165, 1.54) is 12.1 Å². The maximum Gasteiger partial charge on any atom is 0.123 e. The molecule has 0 bridgehead atoms. The normalized spacial score (nSPS) is 11.0. The molecule has 0 fully saturated rings. The fraction of sp³-hybridized carbons (Fsp3) is 0.333. The minimum absolute atomic E-state index is 0.260. The minimum atomic E-state index is -0.605. The van der Waals surface area contributed by atoms with Gasteiger partial charge in [-0.05, 0) is 31.5 Å². The smallest absolute Gasteiger partial charge is 0.123 e. The molecule has 0 aliphatic rings. The summed E-state index contributed by atoms with van der Waals surface area (Å²) in [5, 5.41) is 0. The number of terminal acetylenes is 1. The maximum atomic E-state index is 12.8. The Morgan fingerprint density at radius 3 is 2.79 bits per heavy atom. The summed E-state index contributed by atoms with van der Waals surface area (Å²) in [6.07, 6.45) is 5.25. The molecule has 1 nitrogen and oxygen atoms in total. The van der Waals surface area contributed by atoms with Crippen molar-refractivity contribution in [1.82, 2.24) is 0 Å². The minimum Gasteiger partial charge on any atom is -0.358 e. The molecule has 1 aromatic carbocycles. The summed E-state index contributed by atoms with van der Waals surface area (Å²) in [6, 6.07) is 6.29. The van der Waals surface area contributed by atoms with E-state index < -0.39 is 5.60 Å². The van der Waals surface area contributed by atoms with Crippen molar-refractivity contribution in [1.29, 1.82) is 0 Å². The summed E-state index contributed by atoms with van der Waals surface area (Å²) in [7, 11) is 0. The molecule has 1 rings (SSSR count). The third-order valence-electron chi connectivity index (χ3n) is 1.84. The van der Waals surface area contributed by atoms with Gasteiger partial charge in [0.05, 0.1) is 6.61 Å². The van der Waals surface area contributed by atoms with Gasteiger partial charge in [-0.1, -0.05) is 18.1 Å². The highest BCUT2D eigenvalue weighted by molar-refractivity contribution is 5.15. The lowest BCUT2D eigenvalue weighted by molar-refractivity contribution is 0.0144. The summed E-state index contributed by atoms with van der Waals surface area (Å²) in [5.41, 5.74) is 0.181. The second-order valence-corrected chi connectivity index (χ2v) is 3.57. The average Bonchev–Trinajstić information content (AvgIpc) is 2.15. The molecule has 0 unspecified atom stereocenters. The van der Waals surface area contributed by atoms with Crippen molar-refractivity contribution >= 4 is 0 Å². The second-order valence-electron chi connectivity index (χ2n) is 3.57. The van der Waals surface area contributed by atoms with Gasteiger partial charge in [0.15, 0.2) is 0 Å². The summed E-state index contributed by atoms with van der Waals surface area (Å²) in [6.45, 7) is 3.92. The van der Waals surface area contributed by atoms with Gasteiger partial charge in [-0.15, -0.1) is 6.42 Å². The van der Waals surface area contributed by atoms with Crippen LogP contribution < -0.4 is 0 Å². The largest absolute Gasteiger partial charge is 0.358 e. The third kappa shape index (κ3) is 3.20. The van der Waals surface area contributed by atoms with Crippen LogP contribution in [0.3, 0.4) is 0 Å². The molecule has 2 heteroatoms. The molecule has 0 aliphatic carbocycles. The van der Waals surface area contributed by atoms with Gasteiger partial charge in [0, 0.05) is 0 Å². The van der Waals surface area contributed by atoms with Crippen LogP contribution in [0.5, 0.6) is 0 Å². The van der Waals surface area contributed by atoms with Crippen LogP contribution >= 0.6 is 0 Å². The van der Waals surface area contributed by atoms with Crippen molar-refractivity contribution in [2.24, 2.45) is 0 Å². The summed E-state index contributed by atoms with van der Waals surface area (Å²) in [5.74, 6) is 2.25. The van der Waals surface area contributed by atoms with E-state index in [0.717, 1.165) is 5.56 Å². The molecule has 0 amide bonds. The van der Waals surface area contributed by atoms with Gasteiger partial charge in [0.1, 0.15) is 11.4 Å². The molecule has 0 heterocycles. The van der Waals surface area contributed by atoms with E-state index in [0.29, 0.717) is 6.61 Å². The zero-order valence-electron chi connectivity index (χ0n) is 8.38. The van der Waals surface area contributed by atoms with Crippen molar-refractivity contribution in [2.75, 3.05) is 0 Å². The number of rotatable bonds is 3. The fourth-order valence-electron chi connectivity index (χ4n) is 0.932. The van der Waals surface area contributed by atoms with Crippen LogP contribution in [0.25, 0.3) is 0 Å². The zero-order chi connectivity index (χ0) is 10.6. The molecule has 0 radical (unpaired) electrons. The van der Waals surface area contributed by atoms with E-state index in [2.05, 4.69) is 5.92 Å². The predicted molar refractivity (Wildman–Crippen MR) is 54.1 cm³/mol. The quantitative estimate of drug-likeness (QED) is 0.669. The van der Waals surface area contributed by atoms with E-state index in [1.807, 2.05) is 0 Å². The van der Waals surface area contributed by atoms with Crippen molar-refractivity contribution in [3.63, 3.8) is 0 Å². The van der Waals surface area contributed by atoms with Crippen LogP contribution in [0, 0.1) is 18.2 Å². The Labute approximate surface area is 83.9 Å². The number of hydrogen-bond acceptors (Lipinski definition) is 1. The van der Waals surface area contributed by atoms with Crippen molar-refractivity contribution in [3.05, 3.63) is 35.6 Å². The summed E-state index contributed by atoms with van der Waals surface area (Å²) in [4.78, 5) is 0. The van der Waals surface area contributed by atoms with Gasteiger partial charge in [0.25, 0.3) is 0 Å². The number of halogens is 1. The Bertz CT molecular complexity index is 350. The Kier molecular flexibility index (Phi) is 3.27. The molecule has 0 aliphatic heterocycles. The van der Waals surface area contributed by atoms with Gasteiger partial charge in [0.2, 0.25) is 0 Å². The van der Waals surface area contributed by atoms with E-state index in [-0.39, 0.29) is 5.82 Å². The van der Waals surface area contributed by atoms with Crippen LogP contribution in [-0.4, -0.2) is 5.60 Å². The second kappa shape index (κ2) is 4.26. The van der Waals surface area contributed by atoms with E-state index in [9.17, 15) is 4.39 Å². The first-order chi connectivity index (χ1) is 6.53. The van der Waals surface area contributed by atoms with Crippen LogP contribution in [0.2, 0.25) is 0 Å². The van der Waals surface area contributed by atoms with E-state index >= 15 is 0 Å². The maximum absolute atomic E-state index is 12.8. The summed E-state index contributed by atoms with van der Waals surface area (Å²) < 4.78 is 18.2. The van der Waals surface area contributed by atoms with Gasteiger partial charge >= 0.3 is 0 Å². The summed E-state index contributed by atoms with van der Waals surface area (Å²) >= 11 is 0. The lowest BCUT2D eigenvalue weighted by atomic mass is 10.1. The molecule has 0 aromatic heterocycles. The Hall–Kier alpha value is -1.33. The van der Waals surface area contributed by atoms with E-state index in [1.54, 1.807) is 26.0 Å². The molecular formula is C12H13FO. The first-order valence-corrected chi connectivity index (χ1v) is 4.40. The monoisotopic (exact) mass is 192 g/mol. The van der Waals surface area contributed by atoms with Gasteiger partial charge in [-0.25, -0.2) is 4.39 Å². The topological polar surface area (TPSA) is 9.23 Å². The molecule has 74 valence electrons. The van der Waals surface area contributed by atoms with Crippen molar-refractivity contribution < 1.29 is 9.13 Å². The van der Waals surface area contributed by atoms with Crippen LogP contribution in [0.4, 0.5) is 4.39 Å². The molecule has 0 saturated heterocycles. The highest BCUT2D eigenvalue weighted by atomic mass is 19.1. The Balaban J connectivity index is 2.59. The molecule has 0 saturated carbocycles. The number of ether oxygens (including phenoxy) is 1. The molecule has 1 aromatic rings. The zero-order valence-corrected chi connectivity index (χ0v) is 8.38. The highest BCUT2D eigenvalue weighted by Gasteiger charge is 2.13. The molecule has 0 spiro atoms. The van der Waals surface area contributed by atoms with Gasteiger partial charge in [-0.2, -0.15) is 0 Å². The van der Waals surface area contributed by atoms with Gasteiger partial charge < -0.3 is 4.74 Å². The van der Waals surface area contributed by atoms with Crippen molar-refractivity contribution in [2.45, 2.75) is 26.1 Å². The molecule has 0 atom stereocenters. The van der Waals surface area contributed by atoms with E-state index in [4.69, 9.17) is 11.2 Å².